The summed E-state index contributed by atoms with van der Waals surface area (Å²) in [7, 11) is 0. The average Bonchev–Trinajstić information content (AvgIpc) is 3.18. The van der Waals surface area contributed by atoms with Gasteiger partial charge in [0.2, 0.25) is 5.91 Å². The Balaban J connectivity index is 1.71. The number of rotatable bonds is 4. The highest BCUT2D eigenvalue weighted by atomic mass is 35.5. The van der Waals surface area contributed by atoms with Crippen molar-refractivity contribution in [3.63, 3.8) is 0 Å². The van der Waals surface area contributed by atoms with E-state index in [9.17, 15) is 9.59 Å². The van der Waals surface area contributed by atoms with Crippen molar-refractivity contribution in [3.05, 3.63) is 63.6 Å². The molecule has 0 radical (unpaired) electrons. The number of nitrogens with zero attached hydrogens (tertiary/aromatic N) is 1. The number of hydrogen-bond acceptors (Lipinski definition) is 2. The van der Waals surface area contributed by atoms with Gasteiger partial charge in [-0.1, -0.05) is 29.3 Å². The van der Waals surface area contributed by atoms with Crippen LogP contribution >= 0.6 is 23.2 Å². The van der Waals surface area contributed by atoms with Crippen LogP contribution in [0.15, 0.2) is 42.5 Å². The van der Waals surface area contributed by atoms with E-state index in [4.69, 9.17) is 23.2 Å². The van der Waals surface area contributed by atoms with E-state index in [0.717, 1.165) is 31.5 Å². The molecule has 0 aromatic heterocycles. The van der Waals surface area contributed by atoms with Gasteiger partial charge < -0.3 is 10.2 Å². The summed E-state index contributed by atoms with van der Waals surface area (Å²) >= 11 is 12.1. The SMILES string of the molecule is CC(C)(C(=O)Nc1ccc(C(=O)N2CCCC2)cc1)c1ccc(Cl)c(Cl)c1. The fourth-order valence-electron chi connectivity index (χ4n) is 3.10. The van der Waals surface area contributed by atoms with E-state index >= 15 is 0 Å². The fraction of sp³-hybridized carbons (Fsp3) is 0.333. The van der Waals surface area contributed by atoms with Crippen LogP contribution in [0.4, 0.5) is 5.69 Å². The molecule has 3 rings (SSSR count). The minimum atomic E-state index is -0.793. The average molecular weight is 405 g/mol. The lowest BCUT2D eigenvalue weighted by molar-refractivity contribution is -0.120. The van der Waals surface area contributed by atoms with E-state index in [0.29, 0.717) is 21.3 Å². The topological polar surface area (TPSA) is 49.4 Å². The lowest BCUT2D eigenvalue weighted by atomic mass is 9.83. The monoisotopic (exact) mass is 404 g/mol. The number of amides is 2. The third-order valence-electron chi connectivity index (χ3n) is 4.99. The summed E-state index contributed by atoms with van der Waals surface area (Å²) in [5.74, 6) is -0.124. The van der Waals surface area contributed by atoms with Gasteiger partial charge in [0.1, 0.15) is 0 Å². The molecular weight excluding hydrogens is 383 g/mol. The molecule has 4 nitrogen and oxygen atoms in total. The van der Waals surface area contributed by atoms with Crippen LogP contribution in [0, 0.1) is 0 Å². The number of benzene rings is 2. The van der Waals surface area contributed by atoms with Crippen molar-refractivity contribution in [2.24, 2.45) is 0 Å². The summed E-state index contributed by atoms with van der Waals surface area (Å²) in [5.41, 5.74) is 1.26. The first-order chi connectivity index (χ1) is 12.8. The van der Waals surface area contributed by atoms with Crippen LogP contribution in [0.5, 0.6) is 0 Å². The van der Waals surface area contributed by atoms with Crippen LogP contribution in [-0.2, 0) is 10.2 Å². The molecule has 6 heteroatoms. The Labute approximate surface area is 169 Å². The predicted molar refractivity (Wildman–Crippen MR) is 110 cm³/mol. The minimum absolute atomic E-state index is 0.0431. The Morgan fingerprint density at radius 3 is 2.19 bits per heavy atom. The summed E-state index contributed by atoms with van der Waals surface area (Å²) in [6, 6.07) is 12.2. The van der Waals surface area contributed by atoms with Gasteiger partial charge in [-0.25, -0.2) is 0 Å². The molecule has 27 heavy (non-hydrogen) atoms. The Morgan fingerprint density at radius 2 is 1.59 bits per heavy atom. The van der Waals surface area contributed by atoms with E-state index in [-0.39, 0.29) is 11.8 Å². The van der Waals surface area contributed by atoms with Gasteiger partial charge in [0, 0.05) is 24.3 Å². The second-order valence-electron chi connectivity index (χ2n) is 7.28. The zero-order valence-electron chi connectivity index (χ0n) is 15.4. The molecule has 0 aliphatic carbocycles. The van der Waals surface area contributed by atoms with Crippen molar-refractivity contribution < 1.29 is 9.59 Å². The van der Waals surface area contributed by atoms with Crippen LogP contribution in [0.3, 0.4) is 0 Å². The van der Waals surface area contributed by atoms with E-state index in [1.54, 1.807) is 42.5 Å². The second-order valence-corrected chi connectivity index (χ2v) is 8.10. The first kappa shape index (κ1) is 19.7. The number of carbonyl (C=O) groups excluding carboxylic acids is 2. The highest BCUT2D eigenvalue weighted by Gasteiger charge is 2.30. The lowest BCUT2D eigenvalue weighted by Crippen LogP contribution is -2.34. The van der Waals surface area contributed by atoms with Crippen molar-refractivity contribution in [1.82, 2.24) is 4.90 Å². The number of carbonyl (C=O) groups is 2. The third-order valence-corrected chi connectivity index (χ3v) is 5.73. The Kier molecular flexibility index (Phi) is 5.78. The molecule has 0 atom stereocenters. The molecule has 1 aliphatic heterocycles. The fourth-order valence-corrected chi connectivity index (χ4v) is 3.40. The quantitative estimate of drug-likeness (QED) is 0.765. The molecule has 1 aliphatic rings. The Morgan fingerprint density at radius 1 is 0.963 bits per heavy atom. The van der Waals surface area contributed by atoms with Gasteiger partial charge in [-0.05, 0) is 68.7 Å². The van der Waals surface area contributed by atoms with Gasteiger partial charge in [0.05, 0.1) is 15.5 Å². The van der Waals surface area contributed by atoms with Crippen molar-refractivity contribution in [1.29, 1.82) is 0 Å². The molecule has 0 unspecified atom stereocenters. The number of hydrogen-bond donors (Lipinski definition) is 1. The third kappa shape index (κ3) is 4.28. The smallest absolute Gasteiger partial charge is 0.253 e. The highest BCUT2D eigenvalue weighted by molar-refractivity contribution is 6.42. The molecule has 0 saturated carbocycles. The summed E-state index contributed by atoms with van der Waals surface area (Å²) < 4.78 is 0. The maximum atomic E-state index is 12.8. The largest absolute Gasteiger partial charge is 0.339 e. The molecule has 1 saturated heterocycles. The van der Waals surface area contributed by atoms with E-state index in [1.807, 2.05) is 18.7 Å². The van der Waals surface area contributed by atoms with Crippen LogP contribution in [0.25, 0.3) is 0 Å². The standard InChI is InChI=1S/C21H22Cl2N2O2/c1-21(2,15-7-10-17(22)18(23)13-15)20(27)24-16-8-5-14(6-9-16)19(26)25-11-3-4-12-25/h5-10,13H,3-4,11-12H2,1-2H3,(H,24,27). The molecule has 0 spiro atoms. The molecule has 2 amide bonds. The normalized spacial score (nSPS) is 14.3. The molecular formula is C21H22Cl2N2O2. The first-order valence-electron chi connectivity index (χ1n) is 8.95. The van der Waals surface area contributed by atoms with E-state index in [1.165, 1.54) is 0 Å². The summed E-state index contributed by atoms with van der Waals surface area (Å²) in [5, 5.41) is 3.78. The maximum absolute atomic E-state index is 12.8. The molecule has 1 heterocycles. The minimum Gasteiger partial charge on any atom is -0.339 e. The van der Waals surface area contributed by atoms with E-state index < -0.39 is 5.41 Å². The Hall–Kier alpha value is -2.04. The predicted octanol–water partition coefficient (Wildman–Crippen LogP) is 5.15. The number of nitrogens with one attached hydrogen (secondary N) is 1. The van der Waals surface area contributed by atoms with Crippen molar-refractivity contribution >= 4 is 40.7 Å². The van der Waals surface area contributed by atoms with Crippen LogP contribution in [0.2, 0.25) is 10.0 Å². The zero-order chi connectivity index (χ0) is 19.6. The van der Waals surface area contributed by atoms with Crippen LogP contribution in [0.1, 0.15) is 42.6 Å². The second kappa shape index (κ2) is 7.91. The van der Waals surface area contributed by atoms with Gasteiger partial charge in [-0.2, -0.15) is 0 Å². The first-order valence-corrected chi connectivity index (χ1v) is 9.71. The zero-order valence-corrected chi connectivity index (χ0v) is 16.9. The molecule has 0 bridgehead atoms. The van der Waals surface area contributed by atoms with Gasteiger partial charge in [-0.15, -0.1) is 0 Å². The highest BCUT2D eigenvalue weighted by Crippen LogP contribution is 2.31. The molecule has 142 valence electrons. The number of anilines is 1. The van der Waals surface area contributed by atoms with Gasteiger partial charge in [-0.3, -0.25) is 9.59 Å². The van der Waals surface area contributed by atoms with Gasteiger partial charge >= 0.3 is 0 Å². The molecule has 2 aromatic rings. The van der Waals surface area contributed by atoms with Gasteiger partial charge in [0.25, 0.3) is 5.91 Å². The number of halogens is 2. The Bertz CT molecular complexity index is 857. The van der Waals surface area contributed by atoms with Crippen molar-refractivity contribution in [2.75, 3.05) is 18.4 Å². The van der Waals surface area contributed by atoms with Crippen LogP contribution < -0.4 is 5.32 Å². The summed E-state index contributed by atoms with van der Waals surface area (Å²) in [6.07, 6.45) is 2.12. The molecule has 1 fully saturated rings. The molecule has 2 aromatic carbocycles. The van der Waals surface area contributed by atoms with Crippen molar-refractivity contribution in [2.45, 2.75) is 32.1 Å². The lowest BCUT2D eigenvalue weighted by Gasteiger charge is -2.24. The van der Waals surface area contributed by atoms with Crippen LogP contribution in [-0.4, -0.2) is 29.8 Å². The molecule has 1 N–H and O–H groups in total. The maximum Gasteiger partial charge on any atom is 0.253 e. The summed E-state index contributed by atoms with van der Waals surface area (Å²) in [6.45, 7) is 5.28. The van der Waals surface area contributed by atoms with Crippen molar-refractivity contribution in [3.8, 4) is 0 Å². The van der Waals surface area contributed by atoms with Gasteiger partial charge in [0.15, 0.2) is 0 Å². The number of likely N-dealkylation sites (tertiary alicyclic amines) is 1. The van der Waals surface area contributed by atoms with E-state index in [2.05, 4.69) is 5.32 Å². The summed E-state index contributed by atoms with van der Waals surface area (Å²) in [4.78, 5) is 27.1.